The molecule has 0 spiro atoms. The molecule has 0 aliphatic rings. The van der Waals surface area contributed by atoms with Gasteiger partial charge in [0.15, 0.2) is 0 Å². The molecule has 1 aromatic rings. The molecule has 0 aromatic carbocycles. The number of nitrogens with zero attached hydrogens (tertiary/aromatic N) is 2. The number of rotatable bonds is 1. The van der Waals surface area contributed by atoms with E-state index in [9.17, 15) is 0 Å². The molecule has 5 nitrogen and oxygen atoms in total. The van der Waals surface area contributed by atoms with E-state index < -0.39 is 0 Å². The van der Waals surface area contributed by atoms with Crippen LogP contribution in [0.1, 0.15) is 6.92 Å². The SMILES string of the molecule is CCn1cccn1.CN.CN.CN. The number of aryl methyl sites for hydroxylation is 1. The summed E-state index contributed by atoms with van der Waals surface area (Å²) in [6, 6.07) is 1.92. The van der Waals surface area contributed by atoms with E-state index in [1.165, 1.54) is 21.1 Å². The van der Waals surface area contributed by atoms with Gasteiger partial charge in [0.25, 0.3) is 0 Å². The van der Waals surface area contributed by atoms with E-state index in [0.29, 0.717) is 0 Å². The van der Waals surface area contributed by atoms with Crippen molar-refractivity contribution in [2.75, 3.05) is 21.1 Å². The van der Waals surface area contributed by atoms with Crippen molar-refractivity contribution < 1.29 is 0 Å². The topological polar surface area (TPSA) is 95.9 Å². The molecule has 0 aliphatic carbocycles. The first-order chi connectivity index (χ1) is 6.43. The molecule has 5 heteroatoms. The van der Waals surface area contributed by atoms with Crippen LogP contribution in [0.25, 0.3) is 0 Å². The lowest BCUT2D eigenvalue weighted by atomic mass is 10.7. The highest BCUT2D eigenvalue weighted by Crippen LogP contribution is 1.79. The number of aromatic nitrogens is 2. The fourth-order valence-corrected chi connectivity index (χ4v) is 0.488. The molecule has 80 valence electrons. The summed E-state index contributed by atoms with van der Waals surface area (Å²) >= 11 is 0. The van der Waals surface area contributed by atoms with E-state index in [1.807, 2.05) is 16.9 Å². The summed E-state index contributed by atoms with van der Waals surface area (Å²) in [4.78, 5) is 0. The Morgan fingerprint density at radius 2 is 1.54 bits per heavy atom. The normalized spacial score (nSPS) is 6.38. The largest absolute Gasteiger partial charge is 0.333 e. The highest BCUT2D eigenvalue weighted by molar-refractivity contribution is 4.76. The Kier molecular flexibility index (Phi) is 31.1. The molecule has 1 heterocycles. The van der Waals surface area contributed by atoms with Crippen LogP contribution in [0.3, 0.4) is 0 Å². The fourth-order valence-electron chi connectivity index (χ4n) is 0.488. The quantitative estimate of drug-likeness (QED) is 0.561. The summed E-state index contributed by atoms with van der Waals surface area (Å²) in [6.45, 7) is 3.03. The molecule has 0 radical (unpaired) electrons. The van der Waals surface area contributed by atoms with Gasteiger partial charge in [0.1, 0.15) is 0 Å². The van der Waals surface area contributed by atoms with E-state index >= 15 is 0 Å². The summed E-state index contributed by atoms with van der Waals surface area (Å²) in [7, 11) is 4.50. The first-order valence-electron chi connectivity index (χ1n) is 4.14. The van der Waals surface area contributed by atoms with Crippen molar-refractivity contribution in [3.8, 4) is 0 Å². The second kappa shape index (κ2) is 22.5. The van der Waals surface area contributed by atoms with Gasteiger partial charge in [-0.05, 0) is 34.1 Å². The van der Waals surface area contributed by atoms with Gasteiger partial charge in [-0.2, -0.15) is 5.10 Å². The third-order valence-corrected chi connectivity index (χ3v) is 0.883. The van der Waals surface area contributed by atoms with Gasteiger partial charge >= 0.3 is 0 Å². The van der Waals surface area contributed by atoms with Crippen LogP contribution in [0.2, 0.25) is 0 Å². The Morgan fingerprint density at radius 1 is 1.08 bits per heavy atom. The molecular weight excluding hydrogens is 166 g/mol. The van der Waals surface area contributed by atoms with Crippen LogP contribution in [0, 0.1) is 0 Å². The highest BCUT2D eigenvalue weighted by Gasteiger charge is 1.77. The van der Waals surface area contributed by atoms with E-state index in [4.69, 9.17) is 0 Å². The van der Waals surface area contributed by atoms with Crippen molar-refractivity contribution in [3.05, 3.63) is 18.5 Å². The van der Waals surface area contributed by atoms with E-state index in [2.05, 4.69) is 29.2 Å². The molecule has 0 fully saturated rings. The van der Waals surface area contributed by atoms with Gasteiger partial charge in [0.2, 0.25) is 0 Å². The first-order valence-corrected chi connectivity index (χ1v) is 4.14. The van der Waals surface area contributed by atoms with Crippen molar-refractivity contribution in [1.29, 1.82) is 0 Å². The Morgan fingerprint density at radius 3 is 1.69 bits per heavy atom. The lowest BCUT2D eigenvalue weighted by Crippen LogP contribution is -1.91. The van der Waals surface area contributed by atoms with Gasteiger partial charge in [0.05, 0.1) is 0 Å². The van der Waals surface area contributed by atoms with Gasteiger partial charge in [0, 0.05) is 18.9 Å². The van der Waals surface area contributed by atoms with Crippen LogP contribution >= 0.6 is 0 Å². The smallest absolute Gasteiger partial charge is 0.0489 e. The van der Waals surface area contributed by atoms with Gasteiger partial charge in [-0.3, -0.25) is 4.68 Å². The lowest BCUT2D eigenvalue weighted by Gasteiger charge is -1.87. The minimum absolute atomic E-state index is 0.965. The van der Waals surface area contributed by atoms with Gasteiger partial charge < -0.3 is 17.2 Å². The molecule has 0 bridgehead atoms. The number of hydrogen-bond donors (Lipinski definition) is 3. The molecule has 1 rings (SSSR count). The Bertz CT molecular complexity index is 127. The maximum absolute atomic E-state index is 4.50. The Balaban J connectivity index is -0.000000144. The second-order valence-corrected chi connectivity index (χ2v) is 1.36. The fraction of sp³-hybridized carbons (Fsp3) is 0.625. The Labute approximate surface area is 80.9 Å². The van der Waals surface area contributed by atoms with Crippen LogP contribution in [-0.4, -0.2) is 30.9 Å². The lowest BCUT2D eigenvalue weighted by molar-refractivity contribution is 0.660. The van der Waals surface area contributed by atoms with Crippen molar-refractivity contribution in [2.24, 2.45) is 17.2 Å². The molecule has 0 saturated heterocycles. The van der Waals surface area contributed by atoms with Crippen molar-refractivity contribution in [2.45, 2.75) is 13.5 Å². The first kappa shape index (κ1) is 18.0. The van der Waals surface area contributed by atoms with E-state index in [-0.39, 0.29) is 0 Å². The van der Waals surface area contributed by atoms with Crippen LogP contribution in [0.4, 0.5) is 0 Å². The average Bonchev–Trinajstić information content (AvgIpc) is 2.79. The molecule has 0 aliphatic heterocycles. The molecule has 0 saturated carbocycles. The predicted molar refractivity (Wildman–Crippen MR) is 58.2 cm³/mol. The van der Waals surface area contributed by atoms with Gasteiger partial charge in [-0.1, -0.05) is 0 Å². The van der Waals surface area contributed by atoms with Crippen LogP contribution < -0.4 is 17.2 Å². The van der Waals surface area contributed by atoms with Gasteiger partial charge in [-0.25, -0.2) is 0 Å². The zero-order chi connectivity index (χ0) is 11.1. The number of nitrogens with two attached hydrogens (primary N) is 3. The van der Waals surface area contributed by atoms with Gasteiger partial charge in [-0.15, -0.1) is 0 Å². The summed E-state index contributed by atoms with van der Waals surface area (Å²) in [5.74, 6) is 0. The minimum atomic E-state index is 0.965. The molecule has 1 aromatic heterocycles. The van der Waals surface area contributed by atoms with E-state index in [1.54, 1.807) is 6.20 Å². The average molecular weight is 189 g/mol. The second-order valence-electron chi connectivity index (χ2n) is 1.36. The minimum Gasteiger partial charge on any atom is -0.333 e. The highest BCUT2D eigenvalue weighted by atomic mass is 15.2. The molecule has 13 heavy (non-hydrogen) atoms. The zero-order valence-corrected chi connectivity index (χ0v) is 9.07. The zero-order valence-electron chi connectivity index (χ0n) is 9.07. The molecule has 6 N–H and O–H groups in total. The third-order valence-electron chi connectivity index (χ3n) is 0.883. The molecule has 0 atom stereocenters. The predicted octanol–water partition coefficient (Wildman–Crippen LogP) is -0.372. The van der Waals surface area contributed by atoms with Crippen molar-refractivity contribution in [1.82, 2.24) is 9.78 Å². The monoisotopic (exact) mass is 189 g/mol. The molecule has 0 amide bonds. The third kappa shape index (κ3) is 14.0. The standard InChI is InChI=1S/C5H8N2.3CH5N/c1-2-7-5-3-4-6-7;3*1-2/h3-5H,2H2,1H3;3*2H2,1H3. The summed E-state index contributed by atoms with van der Waals surface area (Å²) < 4.78 is 1.88. The van der Waals surface area contributed by atoms with E-state index in [0.717, 1.165) is 6.54 Å². The number of hydrogen-bond acceptors (Lipinski definition) is 4. The maximum Gasteiger partial charge on any atom is 0.0489 e. The Hall–Kier alpha value is -0.910. The van der Waals surface area contributed by atoms with Crippen LogP contribution in [0.5, 0.6) is 0 Å². The maximum atomic E-state index is 4.50. The van der Waals surface area contributed by atoms with Crippen LogP contribution in [0.15, 0.2) is 18.5 Å². The molecule has 0 unspecified atom stereocenters. The molecular formula is C8H23N5. The summed E-state index contributed by atoms with van der Waals surface area (Å²) in [5, 5.41) is 3.95. The summed E-state index contributed by atoms with van der Waals surface area (Å²) in [5.41, 5.74) is 13.5. The van der Waals surface area contributed by atoms with Crippen LogP contribution in [-0.2, 0) is 6.54 Å². The van der Waals surface area contributed by atoms with Crippen molar-refractivity contribution in [3.63, 3.8) is 0 Å². The van der Waals surface area contributed by atoms with Crippen molar-refractivity contribution >= 4 is 0 Å². The summed E-state index contributed by atoms with van der Waals surface area (Å²) in [6.07, 6.45) is 3.73.